The standard InChI is InChI=1S/C8H8N2OS/c1-2-12(11)8-5-7(6-9)3-4-10-8/h3-5H,2H2,1H3. The largest absolute Gasteiger partial charge is 0.253 e. The highest BCUT2D eigenvalue weighted by Gasteiger charge is 2.02. The number of hydrogen-bond donors (Lipinski definition) is 0. The third kappa shape index (κ3) is 1.89. The van der Waals surface area contributed by atoms with Gasteiger partial charge >= 0.3 is 0 Å². The van der Waals surface area contributed by atoms with Crippen molar-refractivity contribution in [2.24, 2.45) is 0 Å². The zero-order valence-electron chi connectivity index (χ0n) is 6.65. The minimum atomic E-state index is -1.06. The van der Waals surface area contributed by atoms with Crippen LogP contribution in [0.2, 0.25) is 0 Å². The molecule has 3 nitrogen and oxygen atoms in total. The van der Waals surface area contributed by atoms with Gasteiger partial charge in [0.15, 0.2) is 0 Å². The minimum Gasteiger partial charge on any atom is -0.253 e. The molecule has 0 fully saturated rings. The van der Waals surface area contributed by atoms with Crippen molar-refractivity contribution in [3.05, 3.63) is 23.9 Å². The van der Waals surface area contributed by atoms with Crippen molar-refractivity contribution in [2.45, 2.75) is 11.9 Å². The highest BCUT2D eigenvalue weighted by Crippen LogP contribution is 2.04. The van der Waals surface area contributed by atoms with Gasteiger partial charge in [0.1, 0.15) is 5.03 Å². The van der Waals surface area contributed by atoms with Gasteiger partial charge in [-0.05, 0) is 12.1 Å². The summed E-state index contributed by atoms with van der Waals surface area (Å²) in [5.74, 6) is 0.530. The normalized spacial score (nSPS) is 12.0. The van der Waals surface area contributed by atoms with Crippen LogP contribution in [0.25, 0.3) is 0 Å². The molecule has 62 valence electrons. The Labute approximate surface area is 73.5 Å². The quantitative estimate of drug-likeness (QED) is 0.684. The van der Waals surface area contributed by atoms with Gasteiger partial charge in [0.05, 0.1) is 22.4 Å². The molecule has 0 saturated heterocycles. The second-order valence-corrected chi connectivity index (χ2v) is 3.82. The first-order chi connectivity index (χ1) is 5.77. The minimum absolute atomic E-state index is 0.483. The van der Waals surface area contributed by atoms with Gasteiger partial charge in [0.2, 0.25) is 0 Å². The third-order valence-corrected chi connectivity index (χ3v) is 2.57. The van der Waals surface area contributed by atoms with Crippen LogP contribution in [0.4, 0.5) is 0 Å². The summed E-state index contributed by atoms with van der Waals surface area (Å²) in [5.41, 5.74) is 0.502. The highest BCUT2D eigenvalue weighted by atomic mass is 32.2. The fourth-order valence-electron chi connectivity index (χ4n) is 0.751. The van der Waals surface area contributed by atoms with E-state index in [1.165, 1.54) is 6.20 Å². The zero-order valence-corrected chi connectivity index (χ0v) is 7.47. The average molecular weight is 180 g/mol. The number of nitrogens with zero attached hydrogens (tertiary/aromatic N) is 2. The molecule has 0 aromatic carbocycles. The molecular formula is C8H8N2OS. The van der Waals surface area contributed by atoms with Crippen LogP contribution in [0.3, 0.4) is 0 Å². The molecule has 12 heavy (non-hydrogen) atoms. The second-order valence-electron chi connectivity index (χ2n) is 2.13. The Hall–Kier alpha value is -1.21. The Kier molecular flexibility index (Phi) is 2.94. The summed E-state index contributed by atoms with van der Waals surface area (Å²) >= 11 is 0. The van der Waals surface area contributed by atoms with Gasteiger partial charge in [-0.2, -0.15) is 5.26 Å². The van der Waals surface area contributed by atoms with E-state index in [4.69, 9.17) is 5.26 Å². The lowest BCUT2D eigenvalue weighted by Crippen LogP contribution is -1.97. The molecule has 0 aliphatic heterocycles. The Morgan fingerprint density at radius 2 is 2.50 bits per heavy atom. The summed E-state index contributed by atoms with van der Waals surface area (Å²) in [4.78, 5) is 3.91. The van der Waals surface area contributed by atoms with Crippen molar-refractivity contribution in [3.8, 4) is 6.07 Å². The monoisotopic (exact) mass is 180 g/mol. The Balaban J connectivity index is 3.04. The van der Waals surface area contributed by atoms with Gasteiger partial charge in [-0.25, -0.2) is 4.98 Å². The fraction of sp³-hybridized carbons (Fsp3) is 0.250. The number of hydrogen-bond acceptors (Lipinski definition) is 3. The second kappa shape index (κ2) is 3.98. The Morgan fingerprint density at radius 1 is 1.75 bits per heavy atom. The van der Waals surface area contributed by atoms with Crippen molar-refractivity contribution in [3.63, 3.8) is 0 Å². The molecule has 1 atom stereocenters. The van der Waals surface area contributed by atoms with E-state index in [1.807, 2.05) is 13.0 Å². The summed E-state index contributed by atoms with van der Waals surface area (Å²) in [6, 6.07) is 5.12. The lowest BCUT2D eigenvalue weighted by Gasteiger charge is -1.96. The van der Waals surface area contributed by atoms with E-state index in [-0.39, 0.29) is 0 Å². The molecule has 0 bridgehead atoms. The molecule has 0 amide bonds. The number of aromatic nitrogens is 1. The van der Waals surface area contributed by atoms with Crippen molar-refractivity contribution in [2.75, 3.05) is 5.75 Å². The molecular weight excluding hydrogens is 172 g/mol. The lowest BCUT2D eigenvalue weighted by molar-refractivity contribution is 0.681. The molecule has 1 unspecified atom stereocenters. The molecule has 1 aromatic rings. The van der Waals surface area contributed by atoms with E-state index in [1.54, 1.807) is 12.1 Å². The predicted molar refractivity (Wildman–Crippen MR) is 45.9 cm³/mol. The van der Waals surface area contributed by atoms with Crippen molar-refractivity contribution >= 4 is 10.8 Å². The Morgan fingerprint density at radius 3 is 3.08 bits per heavy atom. The van der Waals surface area contributed by atoms with E-state index in [0.717, 1.165) is 0 Å². The SMILES string of the molecule is CCS(=O)c1cc(C#N)ccn1. The molecule has 0 aliphatic rings. The van der Waals surface area contributed by atoms with Crippen LogP contribution in [-0.4, -0.2) is 14.9 Å². The summed E-state index contributed by atoms with van der Waals surface area (Å²) in [7, 11) is -1.06. The zero-order chi connectivity index (χ0) is 8.97. The molecule has 1 heterocycles. The van der Waals surface area contributed by atoms with Crippen LogP contribution in [0, 0.1) is 11.3 Å². The molecule has 1 rings (SSSR count). The summed E-state index contributed by atoms with van der Waals surface area (Å²) in [5, 5.41) is 9.02. The first kappa shape index (κ1) is 8.88. The van der Waals surface area contributed by atoms with Gasteiger partial charge < -0.3 is 0 Å². The number of pyridine rings is 1. The smallest absolute Gasteiger partial charge is 0.128 e. The van der Waals surface area contributed by atoms with Crippen LogP contribution >= 0.6 is 0 Å². The molecule has 0 radical (unpaired) electrons. The molecule has 0 aliphatic carbocycles. The van der Waals surface area contributed by atoms with E-state index < -0.39 is 10.8 Å². The third-order valence-electron chi connectivity index (χ3n) is 1.36. The summed E-state index contributed by atoms with van der Waals surface area (Å²) < 4.78 is 11.2. The molecule has 4 heteroatoms. The number of nitriles is 1. The van der Waals surface area contributed by atoms with E-state index in [0.29, 0.717) is 16.3 Å². The molecule has 1 aromatic heterocycles. The molecule has 0 N–H and O–H groups in total. The van der Waals surface area contributed by atoms with Crippen LogP contribution in [0.15, 0.2) is 23.4 Å². The van der Waals surface area contributed by atoms with Crippen LogP contribution < -0.4 is 0 Å². The Bertz CT molecular complexity index is 343. The van der Waals surface area contributed by atoms with Gasteiger partial charge in [-0.15, -0.1) is 0 Å². The van der Waals surface area contributed by atoms with Gasteiger partial charge in [-0.3, -0.25) is 4.21 Å². The average Bonchev–Trinajstić information content (AvgIpc) is 2.17. The van der Waals surface area contributed by atoms with Gasteiger partial charge in [0.25, 0.3) is 0 Å². The van der Waals surface area contributed by atoms with Crippen molar-refractivity contribution in [1.29, 1.82) is 5.26 Å². The highest BCUT2D eigenvalue weighted by molar-refractivity contribution is 7.84. The topological polar surface area (TPSA) is 53.8 Å². The van der Waals surface area contributed by atoms with Crippen LogP contribution in [-0.2, 0) is 10.8 Å². The van der Waals surface area contributed by atoms with Crippen molar-refractivity contribution in [1.82, 2.24) is 4.98 Å². The van der Waals surface area contributed by atoms with Crippen LogP contribution in [0.5, 0.6) is 0 Å². The van der Waals surface area contributed by atoms with Crippen molar-refractivity contribution < 1.29 is 4.21 Å². The maximum Gasteiger partial charge on any atom is 0.128 e. The fourth-order valence-corrected chi connectivity index (χ4v) is 1.48. The first-order valence-electron chi connectivity index (χ1n) is 3.52. The maximum absolute atomic E-state index is 11.2. The molecule has 0 spiro atoms. The lowest BCUT2D eigenvalue weighted by atomic mass is 10.3. The van der Waals surface area contributed by atoms with Gasteiger partial charge in [0, 0.05) is 11.9 Å². The van der Waals surface area contributed by atoms with E-state index in [9.17, 15) is 4.21 Å². The molecule has 0 saturated carbocycles. The van der Waals surface area contributed by atoms with E-state index >= 15 is 0 Å². The summed E-state index contributed by atoms with van der Waals surface area (Å²) in [6.45, 7) is 1.82. The summed E-state index contributed by atoms with van der Waals surface area (Å²) in [6.07, 6.45) is 1.50. The number of rotatable bonds is 2. The predicted octanol–water partition coefficient (Wildman–Crippen LogP) is 1.08. The first-order valence-corrected chi connectivity index (χ1v) is 4.84. The van der Waals surface area contributed by atoms with E-state index in [2.05, 4.69) is 4.98 Å². The van der Waals surface area contributed by atoms with Gasteiger partial charge in [-0.1, -0.05) is 6.92 Å². The van der Waals surface area contributed by atoms with Crippen LogP contribution in [0.1, 0.15) is 12.5 Å². The maximum atomic E-state index is 11.2.